The summed E-state index contributed by atoms with van der Waals surface area (Å²) >= 11 is 0. The first kappa shape index (κ1) is 20.1. The number of hydrogen-bond acceptors (Lipinski definition) is 5. The van der Waals surface area contributed by atoms with Crippen LogP contribution in [0.15, 0.2) is 96.4 Å². The molecule has 0 fully saturated rings. The van der Waals surface area contributed by atoms with Gasteiger partial charge < -0.3 is 4.74 Å². The van der Waals surface area contributed by atoms with E-state index in [9.17, 15) is 18.5 Å². The van der Waals surface area contributed by atoms with Crippen molar-refractivity contribution in [1.29, 1.82) is 0 Å². The summed E-state index contributed by atoms with van der Waals surface area (Å²) in [6.07, 6.45) is 1.45. The number of para-hydroxylation sites is 1. The summed E-state index contributed by atoms with van der Waals surface area (Å²) < 4.78 is 33.0. The molecule has 0 heterocycles. The van der Waals surface area contributed by atoms with Gasteiger partial charge in [-0.15, -0.1) is 6.58 Å². The van der Waals surface area contributed by atoms with Gasteiger partial charge >= 0.3 is 0 Å². The SMILES string of the molecule is C=CCN(c1ccc(Oc2ccccc2)cc1)S(=O)(=O)c1cccc([N+](=O)[O-])c1. The molecule has 0 N–H and O–H groups in total. The van der Waals surface area contributed by atoms with E-state index in [4.69, 9.17) is 4.74 Å². The maximum atomic E-state index is 13.1. The quantitative estimate of drug-likeness (QED) is 0.303. The highest BCUT2D eigenvalue weighted by Crippen LogP contribution is 2.29. The zero-order chi connectivity index (χ0) is 20.9. The fourth-order valence-electron chi connectivity index (χ4n) is 2.65. The van der Waals surface area contributed by atoms with Crippen LogP contribution in [-0.4, -0.2) is 19.9 Å². The Labute approximate surface area is 168 Å². The summed E-state index contributed by atoms with van der Waals surface area (Å²) in [5, 5.41) is 11.0. The lowest BCUT2D eigenvalue weighted by molar-refractivity contribution is -0.385. The Bertz CT molecular complexity index is 1110. The summed E-state index contributed by atoms with van der Waals surface area (Å²) in [5.74, 6) is 1.21. The third kappa shape index (κ3) is 4.61. The molecule has 0 aliphatic carbocycles. The number of nitro benzene ring substituents is 1. The molecular weight excluding hydrogens is 392 g/mol. The van der Waals surface area contributed by atoms with Gasteiger partial charge in [-0.2, -0.15) is 0 Å². The molecule has 0 aliphatic rings. The summed E-state index contributed by atoms with van der Waals surface area (Å²) in [4.78, 5) is 10.2. The number of non-ortho nitro benzene ring substituents is 1. The Balaban J connectivity index is 1.91. The third-order valence-corrected chi connectivity index (χ3v) is 5.80. The Kier molecular flexibility index (Phi) is 5.94. The molecular formula is C21H18N2O5S. The molecule has 8 heteroatoms. The topological polar surface area (TPSA) is 89.8 Å². The Morgan fingerprint density at radius 1 is 0.966 bits per heavy atom. The molecule has 148 valence electrons. The number of rotatable bonds is 8. The van der Waals surface area contributed by atoms with Crippen LogP contribution in [0.1, 0.15) is 0 Å². The maximum Gasteiger partial charge on any atom is 0.270 e. The number of sulfonamides is 1. The average molecular weight is 410 g/mol. The lowest BCUT2D eigenvalue weighted by atomic mass is 10.3. The molecule has 0 saturated carbocycles. The average Bonchev–Trinajstić information content (AvgIpc) is 2.73. The first-order valence-electron chi connectivity index (χ1n) is 8.63. The second kappa shape index (κ2) is 8.57. The molecule has 3 aromatic rings. The van der Waals surface area contributed by atoms with E-state index in [0.717, 1.165) is 10.4 Å². The van der Waals surface area contributed by atoms with Gasteiger partial charge in [-0.1, -0.05) is 30.3 Å². The smallest absolute Gasteiger partial charge is 0.270 e. The number of anilines is 1. The highest BCUT2D eigenvalue weighted by Gasteiger charge is 2.25. The van der Waals surface area contributed by atoms with Gasteiger partial charge in [0.05, 0.1) is 22.1 Å². The second-order valence-electron chi connectivity index (χ2n) is 5.99. The number of hydrogen-bond donors (Lipinski definition) is 0. The zero-order valence-electron chi connectivity index (χ0n) is 15.3. The predicted octanol–water partition coefficient (Wildman–Crippen LogP) is 4.77. The molecule has 7 nitrogen and oxygen atoms in total. The number of benzene rings is 3. The lowest BCUT2D eigenvalue weighted by Crippen LogP contribution is -2.31. The zero-order valence-corrected chi connectivity index (χ0v) is 16.2. The van der Waals surface area contributed by atoms with Crippen molar-refractivity contribution in [2.45, 2.75) is 4.90 Å². The Hall–Kier alpha value is -3.65. The molecule has 0 radical (unpaired) electrons. The Morgan fingerprint density at radius 2 is 1.62 bits per heavy atom. The van der Waals surface area contributed by atoms with Crippen LogP contribution in [0.25, 0.3) is 0 Å². The van der Waals surface area contributed by atoms with Crippen molar-refractivity contribution in [2.24, 2.45) is 0 Å². The number of nitro groups is 1. The van der Waals surface area contributed by atoms with E-state index >= 15 is 0 Å². The van der Waals surface area contributed by atoms with E-state index in [0.29, 0.717) is 17.2 Å². The molecule has 0 aromatic heterocycles. The van der Waals surface area contributed by atoms with Crippen molar-refractivity contribution in [3.05, 3.63) is 102 Å². The predicted molar refractivity (Wildman–Crippen MR) is 111 cm³/mol. The van der Waals surface area contributed by atoms with Gasteiger partial charge in [0.25, 0.3) is 15.7 Å². The van der Waals surface area contributed by atoms with Gasteiger partial charge in [-0.3, -0.25) is 14.4 Å². The van der Waals surface area contributed by atoms with Gasteiger partial charge in [0.15, 0.2) is 0 Å². The van der Waals surface area contributed by atoms with Crippen LogP contribution >= 0.6 is 0 Å². The monoisotopic (exact) mass is 410 g/mol. The minimum Gasteiger partial charge on any atom is -0.457 e. The van der Waals surface area contributed by atoms with Crippen LogP contribution in [-0.2, 0) is 10.0 Å². The molecule has 29 heavy (non-hydrogen) atoms. The highest BCUT2D eigenvalue weighted by atomic mass is 32.2. The van der Waals surface area contributed by atoms with Crippen molar-refractivity contribution < 1.29 is 18.1 Å². The Morgan fingerprint density at radius 3 is 2.24 bits per heavy atom. The molecule has 0 saturated heterocycles. The van der Waals surface area contributed by atoms with E-state index in [1.807, 2.05) is 30.3 Å². The van der Waals surface area contributed by atoms with Gasteiger partial charge in [0, 0.05) is 12.1 Å². The largest absolute Gasteiger partial charge is 0.457 e. The van der Waals surface area contributed by atoms with Crippen molar-refractivity contribution in [3.8, 4) is 11.5 Å². The lowest BCUT2D eigenvalue weighted by Gasteiger charge is -2.23. The summed E-state index contributed by atoms with van der Waals surface area (Å²) in [6, 6.07) is 20.7. The molecule has 0 spiro atoms. The van der Waals surface area contributed by atoms with Crippen LogP contribution in [0, 0.1) is 10.1 Å². The third-order valence-electron chi connectivity index (χ3n) is 4.01. The highest BCUT2D eigenvalue weighted by molar-refractivity contribution is 7.92. The van der Waals surface area contributed by atoms with E-state index in [1.165, 1.54) is 24.3 Å². The normalized spacial score (nSPS) is 10.9. The molecule has 3 rings (SSSR count). The summed E-state index contributed by atoms with van der Waals surface area (Å²) in [7, 11) is -4.03. The minimum absolute atomic E-state index is 0.00388. The molecule has 0 unspecified atom stereocenters. The molecule has 0 atom stereocenters. The van der Waals surface area contributed by atoms with Gasteiger partial charge in [-0.25, -0.2) is 8.42 Å². The van der Waals surface area contributed by atoms with Gasteiger partial charge in [0.2, 0.25) is 0 Å². The summed E-state index contributed by atoms with van der Waals surface area (Å²) in [5.41, 5.74) is 0.0908. The first-order valence-corrected chi connectivity index (χ1v) is 10.1. The molecule has 3 aromatic carbocycles. The van der Waals surface area contributed by atoms with E-state index in [1.54, 1.807) is 24.3 Å². The van der Waals surface area contributed by atoms with Gasteiger partial charge in [-0.05, 0) is 42.5 Å². The van der Waals surface area contributed by atoms with E-state index < -0.39 is 14.9 Å². The van der Waals surface area contributed by atoms with Crippen molar-refractivity contribution in [3.63, 3.8) is 0 Å². The van der Waals surface area contributed by atoms with Crippen molar-refractivity contribution in [2.75, 3.05) is 10.8 Å². The number of ether oxygens (including phenoxy) is 1. The van der Waals surface area contributed by atoms with Gasteiger partial charge in [0.1, 0.15) is 11.5 Å². The van der Waals surface area contributed by atoms with Crippen molar-refractivity contribution >= 4 is 21.4 Å². The standard InChI is InChI=1S/C21H18N2O5S/c1-2-15-22(29(26,27)21-10-6-7-18(16-21)23(24)25)17-11-13-20(14-12-17)28-19-8-4-3-5-9-19/h2-14,16H,1,15H2. The van der Waals surface area contributed by atoms with Crippen LogP contribution in [0.5, 0.6) is 11.5 Å². The molecule has 0 amide bonds. The minimum atomic E-state index is -4.03. The van der Waals surface area contributed by atoms with E-state index in [2.05, 4.69) is 6.58 Å². The fraction of sp³-hybridized carbons (Fsp3) is 0.0476. The number of nitrogens with zero attached hydrogens (tertiary/aromatic N) is 2. The van der Waals surface area contributed by atoms with Crippen molar-refractivity contribution in [1.82, 2.24) is 0 Å². The summed E-state index contributed by atoms with van der Waals surface area (Å²) in [6.45, 7) is 3.62. The van der Waals surface area contributed by atoms with Crippen LogP contribution in [0.2, 0.25) is 0 Å². The first-order chi connectivity index (χ1) is 13.9. The fourth-order valence-corrected chi connectivity index (χ4v) is 4.13. The molecule has 0 aliphatic heterocycles. The van der Waals surface area contributed by atoms with E-state index in [-0.39, 0.29) is 17.1 Å². The van der Waals surface area contributed by atoms with Crippen LogP contribution in [0.3, 0.4) is 0 Å². The maximum absolute atomic E-state index is 13.1. The van der Waals surface area contributed by atoms with Crippen LogP contribution < -0.4 is 9.04 Å². The van der Waals surface area contributed by atoms with Crippen LogP contribution in [0.4, 0.5) is 11.4 Å². The second-order valence-corrected chi connectivity index (χ2v) is 7.85. The molecule has 0 bridgehead atoms.